The zero-order valence-electron chi connectivity index (χ0n) is 23.5. The van der Waals surface area contributed by atoms with E-state index >= 15 is 0 Å². The molecule has 2 aliphatic heterocycles. The van der Waals surface area contributed by atoms with Crippen molar-refractivity contribution in [2.75, 3.05) is 20.6 Å². The van der Waals surface area contributed by atoms with E-state index in [0.717, 1.165) is 4.90 Å². The molecule has 1 spiro atoms. The van der Waals surface area contributed by atoms with E-state index in [1.807, 2.05) is 0 Å². The van der Waals surface area contributed by atoms with Crippen molar-refractivity contribution in [2.24, 2.45) is 5.92 Å². The summed E-state index contributed by atoms with van der Waals surface area (Å²) in [7, 11) is -3.00. The van der Waals surface area contributed by atoms with E-state index in [-0.39, 0.29) is 24.3 Å². The van der Waals surface area contributed by atoms with Crippen LogP contribution in [-0.2, 0) is 11.8 Å². The predicted octanol–water partition coefficient (Wildman–Crippen LogP) is 1.50. The zero-order chi connectivity index (χ0) is 25.2. The Morgan fingerprint density at radius 2 is 2.64 bits per heavy atom. The van der Waals surface area contributed by atoms with Gasteiger partial charge in [0, 0.05) is 31.1 Å². The maximum absolute atomic E-state index is 9.35. The summed E-state index contributed by atoms with van der Waals surface area (Å²) in [4.78, 5) is 0.802. The molecule has 5 atom stereocenters. The molecule has 22 heavy (non-hydrogen) atoms. The lowest BCUT2D eigenvalue weighted by atomic mass is 9.53. The number of hydrogen-bond acceptors (Lipinski definition) is 4. The van der Waals surface area contributed by atoms with Crippen molar-refractivity contribution in [3.8, 4) is 11.5 Å². The standard InChI is InChI=1S/C18H21NO3/c1-19-8-7-18-11-4-5-13(20)17(18)22-16-14(21-2)6-3-10(15(16)18)9-12(11)19/h3-6,11-13,17,20H,7-9H2,1-2H3/t11-,12+,13?,17?,18-/m0/s1/i1D3,2D3,3D,6D,9D2,12D,20D. The molecule has 1 N–H and O–H groups in total. The van der Waals surface area contributed by atoms with E-state index in [0.29, 0.717) is 0 Å². The van der Waals surface area contributed by atoms with Gasteiger partial charge in [0.25, 0.3) is 0 Å². The van der Waals surface area contributed by atoms with E-state index in [4.69, 9.17) is 29.7 Å². The second kappa shape index (κ2) is 4.06. The summed E-state index contributed by atoms with van der Waals surface area (Å²) in [5.74, 6) is -1.89. The number of rotatable bonds is 2. The molecule has 1 fully saturated rings. The first-order chi connectivity index (χ1) is 15.5. The molecule has 2 unspecified atom stereocenters. The number of likely N-dealkylation sites (N-methyl/N-ethyl adjacent to an activating group) is 1. The van der Waals surface area contributed by atoms with E-state index in [1.165, 1.54) is 12.2 Å². The number of aliphatic hydroxyl groups is 1. The van der Waals surface area contributed by atoms with Crippen molar-refractivity contribution < 1.29 is 29.7 Å². The summed E-state index contributed by atoms with van der Waals surface area (Å²) in [5.41, 5.74) is -1.60. The van der Waals surface area contributed by atoms with Crippen LogP contribution in [0.1, 0.15) is 32.6 Å². The van der Waals surface area contributed by atoms with Gasteiger partial charge in [-0.3, -0.25) is 0 Å². The minimum absolute atomic E-state index is 0.0472. The lowest BCUT2D eigenvalue weighted by Gasteiger charge is -2.56. The molecule has 1 aromatic carbocycles. The Balaban J connectivity index is 1.91. The minimum Gasteiger partial charge on any atom is -0.493 e. The summed E-state index contributed by atoms with van der Waals surface area (Å²) >= 11 is 0. The van der Waals surface area contributed by atoms with E-state index in [2.05, 4.69) is 0 Å². The Morgan fingerprint density at radius 3 is 3.50 bits per heavy atom. The van der Waals surface area contributed by atoms with Crippen molar-refractivity contribution in [3.05, 3.63) is 35.4 Å². The first-order valence-corrected chi connectivity index (χ1v) is 7.15. The average Bonchev–Trinajstić information content (AvgIpc) is 3.02. The van der Waals surface area contributed by atoms with Gasteiger partial charge in [0.1, 0.15) is 12.2 Å². The number of likely N-dealkylation sites (tertiary alicyclic amines) is 1. The van der Waals surface area contributed by atoms with Gasteiger partial charge in [-0.1, -0.05) is 18.2 Å². The molecule has 0 radical (unpaired) electrons. The quantitative estimate of drug-likeness (QED) is 0.841. The van der Waals surface area contributed by atoms with Crippen LogP contribution in [0.3, 0.4) is 0 Å². The summed E-state index contributed by atoms with van der Waals surface area (Å²) in [6.45, 7) is -3.06. The van der Waals surface area contributed by atoms with Crippen LogP contribution in [0.25, 0.3) is 0 Å². The van der Waals surface area contributed by atoms with Gasteiger partial charge in [0.2, 0.25) is 1.43 Å². The normalized spacial score (nSPS) is 55.7. The minimum atomic E-state index is -3.00. The maximum atomic E-state index is 9.35. The molecule has 1 saturated heterocycles. The number of piperidine rings is 1. The average molecular weight is 311 g/mol. The summed E-state index contributed by atoms with van der Waals surface area (Å²) in [6.07, 6.45) is -1.91. The fourth-order valence-electron chi connectivity index (χ4n) is 4.36. The molecule has 4 aliphatic rings. The SMILES string of the molecule is [2H]OC1C=C[C@@H]2[C@@]34CCN(C([2H])([2H])[2H])[C@]2([2H])C([2H])([2H])c2c([2H])c([2H])c(OC([2H])([2H])[2H])c(c23)OC14. The van der Waals surface area contributed by atoms with Crippen LogP contribution >= 0.6 is 0 Å². The van der Waals surface area contributed by atoms with Crippen LogP contribution < -0.4 is 9.47 Å². The maximum Gasteiger partial charge on any atom is 0.211 e. The van der Waals surface area contributed by atoms with Crippen molar-refractivity contribution in [2.45, 2.75) is 36.4 Å². The Morgan fingerprint density at radius 1 is 1.64 bits per heavy atom. The molecule has 5 rings (SSSR count). The summed E-state index contributed by atoms with van der Waals surface area (Å²) in [5, 5.41) is 4.83. The first-order valence-electron chi connectivity index (χ1n) is 13.1. The molecule has 0 saturated carbocycles. The van der Waals surface area contributed by atoms with Crippen LogP contribution in [0.15, 0.2) is 24.2 Å². The highest BCUT2D eigenvalue weighted by atomic mass is 16.5. The lowest BCUT2D eigenvalue weighted by Crippen LogP contribution is -2.64. The van der Waals surface area contributed by atoms with Gasteiger partial charge in [-0.05, 0) is 37.9 Å². The third-order valence-electron chi connectivity index (χ3n) is 5.24. The van der Waals surface area contributed by atoms with Crippen LogP contribution in [0, 0.1) is 5.92 Å². The van der Waals surface area contributed by atoms with Crippen molar-refractivity contribution >= 4 is 0 Å². The molecule has 0 aromatic heterocycles. The van der Waals surface area contributed by atoms with Crippen molar-refractivity contribution in [3.63, 3.8) is 0 Å². The molecule has 2 bridgehead atoms. The topological polar surface area (TPSA) is 41.9 Å². The van der Waals surface area contributed by atoms with Crippen LogP contribution in [0.4, 0.5) is 0 Å². The molecule has 1 aromatic rings. The Kier molecular flexibility index (Phi) is 1.08. The van der Waals surface area contributed by atoms with Crippen LogP contribution in [0.2, 0.25) is 0 Å². The highest BCUT2D eigenvalue weighted by molar-refractivity contribution is 5.62. The number of methoxy groups -OCH3 is 1. The molecule has 0 amide bonds. The van der Waals surface area contributed by atoms with E-state index < -0.39 is 73.3 Å². The number of ether oxygens (including phenoxy) is 2. The fraction of sp³-hybridized carbons (Fsp3) is 0.556. The highest BCUT2D eigenvalue weighted by Gasteiger charge is 2.64. The van der Waals surface area contributed by atoms with Gasteiger partial charge in [0.15, 0.2) is 11.5 Å². The third-order valence-corrected chi connectivity index (χ3v) is 5.24. The monoisotopic (exact) mass is 311 g/mol. The zero-order valence-corrected chi connectivity index (χ0v) is 11.5. The Bertz CT molecular complexity index is 1100. The van der Waals surface area contributed by atoms with Gasteiger partial charge in [-0.25, -0.2) is 0 Å². The van der Waals surface area contributed by atoms with E-state index in [1.54, 1.807) is 0 Å². The number of benzene rings is 1. The number of nitrogens with zero attached hydrogens (tertiary/aromatic N) is 1. The van der Waals surface area contributed by atoms with Gasteiger partial charge < -0.3 is 19.5 Å². The van der Waals surface area contributed by atoms with Gasteiger partial charge >= 0.3 is 0 Å². The van der Waals surface area contributed by atoms with Gasteiger partial charge in [-0.15, -0.1) is 0 Å². The second-order valence-electron chi connectivity index (χ2n) is 6.08. The van der Waals surface area contributed by atoms with E-state index in [9.17, 15) is 1.37 Å². The molecule has 2 aliphatic carbocycles. The number of hydrogen-bond donors (Lipinski definition) is 1. The van der Waals surface area contributed by atoms with Crippen molar-refractivity contribution in [1.82, 2.24) is 4.90 Å². The Labute approximate surface area is 147 Å². The lowest BCUT2D eigenvalue weighted by molar-refractivity contribution is -0.0453. The smallest absolute Gasteiger partial charge is 0.211 e. The molecule has 116 valence electrons. The molecular weight excluding hydrogens is 278 g/mol. The predicted molar refractivity (Wildman–Crippen MR) is 82.5 cm³/mol. The largest absolute Gasteiger partial charge is 0.493 e. The molecule has 4 nitrogen and oxygen atoms in total. The van der Waals surface area contributed by atoms with Crippen LogP contribution in [0.5, 0.6) is 11.5 Å². The third kappa shape index (κ3) is 1.28. The summed E-state index contributed by atoms with van der Waals surface area (Å²) in [6, 6.07) is -3.88. The fourth-order valence-corrected chi connectivity index (χ4v) is 4.36. The van der Waals surface area contributed by atoms with Crippen molar-refractivity contribution in [1.29, 1.82) is 1.43 Å². The first kappa shape index (κ1) is 5.84. The second-order valence-corrected chi connectivity index (χ2v) is 6.08. The van der Waals surface area contributed by atoms with Gasteiger partial charge in [0.05, 0.1) is 13.9 Å². The molecule has 2 heterocycles. The summed E-state index contributed by atoms with van der Waals surface area (Å²) < 4.78 is 109. The molecular formula is C18H21NO3. The Hall–Kier alpha value is -1.52. The number of aliphatic hydroxyl groups excluding tert-OH is 1. The molecule has 4 heteroatoms. The van der Waals surface area contributed by atoms with Gasteiger partial charge in [-0.2, -0.15) is 0 Å². The van der Waals surface area contributed by atoms with Crippen LogP contribution in [-0.4, -0.2) is 50.2 Å². The highest BCUT2D eigenvalue weighted by Crippen LogP contribution is 2.62.